The van der Waals surface area contributed by atoms with E-state index in [4.69, 9.17) is 4.74 Å². The molecule has 1 aromatic rings. The number of aliphatic carboxylic acids is 1. The number of nitrogens with zero attached hydrogens (tertiary/aromatic N) is 1. The molecule has 0 aliphatic rings. The minimum atomic E-state index is -1.01. The van der Waals surface area contributed by atoms with Crippen molar-refractivity contribution in [3.8, 4) is 5.75 Å². The van der Waals surface area contributed by atoms with Gasteiger partial charge >= 0.3 is 5.97 Å². The molecule has 0 spiro atoms. The molecule has 1 rings (SSSR count). The van der Waals surface area contributed by atoms with Gasteiger partial charge in [-0.2, -0.15) is 0 Å². The maximum Gasteiger partial charge on any atom is 0.327 e. The Hall–Kier alpha value is -2.04. The van der Waals surface area contributed by atoms with Crippen LogP contribution in [-0.4, -0.2) is 30.6 Å². The van der Waals surface area contributed by atoms with Gasteiger partial charge in [0.05, 0.1) is 7.11 Å². The lowest BCUT2D eigenvalue weighted by molar-refractivity contribution is -0.140. The molecule has 0 aliphatic heterocycles. The van der Waals surface area contributed by atoms with E-state index in [0.717, 1.165) is 5.56 Å². The van der Waals surface area contributed by atoms with Crippen LogP contribution in [0.25, 0.3) is 0 Å². The number of carbonyl (C=O) groups is 2. The van der Waals surface area contributed by atoms with Gasteiger partial charge in [-0.15, -0.1) is 0 Å². The molecule has 5 heteroatoms. The summed E-state index contributed by atoms with van der Waals surface area (Å²) in [6, 6.07) is 4.33. The second-order valence-electron chi connectivity index (χ2n) is 4.84. The minimum Gasteiger partial charge on any atom is -0.496 e. The maximum atomic E-state index is 11.5. The van der Waals surface area contributed by atoms with Crippen LogP contribution in [-0.2, 0) is 9.59 Å². The fraction of sp³-hybridized carbons (Fsp3) is 0.467. The summed E-state index contributed by atoms with van der Waals surface area (Å²) in [5, 5.41) is 9.39. The number of benzene rings is 1. The zero-order chi connectivity index (χ0) is 15.3. The fourth-order valence-electron chi connectivity index (χ4n) is 2.12. The number of carboxylic acids is 1. The Balaban J connectivity index is 3.23. The molecule has 5 nitrogen and oxygen atoms in total. The van der Waals surface area contributed by atoms with Crippen LogP contribution in [0.2, 0.25) is 0 Å². The number of anilines is 1. The third-order valence-electron chi connectivity index (χ3n) is 3.54. The van der Waals surface area contributed by atoms with Crippen LogP contribution in [0.1, 0.15) is 25.8 Å². The summed E-state index contributed by atoms with van der Waals surface area (Å²) < 4.78 is 5.22. The quantitative estimate of drug-likeness (QED) is 0.779. The van der Waals surface area contributed by atoms with Crippen LogP contribution >= 0.6 is 0 Å². The molecule has 0 radical (unpaired) electrons. The van der Waals surface area contributed by atoms with E-state index in [1.807, 2.05) is 20.8 Å². The second-order valence-corrected chi connectivity index (χ2v) is 4.84. The van der Waals surface area contributed by atoms with Crippen molar-refractivity contribution in [1.29, 1.82) is 0 Å². The Labute approximate surface area is 119 Å². The van der Waals surface area contributed by atoms with Crippen LogP contribution in [0, 0.1) is 12.8 Å². The van der Waals surface area contributed by atoms with Crippen molar-refractivity contribution in [2.45, 2.75) is 33.2 Å². The van der Waals surface area contributed by atoms with Crippen LogP contribution in [0.5, 0.6) is 5.75 Å². The van der Waals surface area contributed by atoms with Crippen LogP contribution in [0.3, 0.4) is 0 Å². The molecule has 0 heterocycles. The molecule has 0 aliphatic carbocycles. The predicted octanol–water partition coefficient (Wildman–Crippen LogP) is 2.47. The normalized spacial score (nSPS) is 13.4. The fourth-order valence-corrected chi connectivity index (χ4v) is 2.12. The number of rotatable bonds is 7. The molecule has 1 N–H and O–H groups in total. The Kier molecular flexibility index (Phi) is 5.55. The standard InChI is InChI=1S/C15H21NO4/c1-5-10(2)14(15(18)19)16(9-17)12-7-6-11(3)13(8-12)20-4/h6-10,14H,5H2,1-4H3,(H,18,19). The highest BCUT2D eigenvalue weighted by atomic mass is 16.5. The van der Waals surface area contributed by atoms with Crippen molar-refractivity contribution >= 4 is 18.1 Å². The van der Waals surface area contributed by atoms with Crippen molar-refractivity contribution in [2.24, 2.45) is 5.92 Å². The van der Waals surface area contributed by atoms with Gasteiger partial charge in [-0.05, 0) is 24.5 Å². The molecular formula is C15H21NO4. The van der Waals surface area contributed by atoms with Gasteiger partial charge in [0.15, 0.2) is 0 Å². The van der Waals surface area contributed by atoms with Crippen LogP contribution < -0.4 is 9.64 Å². The summed E-state index contributed by atoms with van der Waals surface area (Å²) >= 11 is 0. The Morgan fingerprint density at radius 2 is 2.15 bits per heavy atom. The smallest absolute Gasteiger partial charge is 0.327 e. The first-order chi connectivity index (χ1) is 9.46. The van der Waals surface area contributed by atoms with Gasteiger partial charge in [0.2, 0.25) is 6.41 Å². The van der Waals surface area contributed by atoms with Crippen molar-refractivity contribution < 1.29 is 19.4 Å². The highest BCUT2D eigenvalue weighted by molar-refractivity contribution is 5.88. The third kappa shape index (κ3) is 3.29. The van der Waals surface area contributed by atoms with E-state index in [2.05, 4.69) is 0 Å². The summed E-state index contributed by atoms with van der Waals surface area (Å²) in [4.78, 5) is 24.1. The summed E-state index contributed by atoms with van der Waals surface area (Å²) in [5.74, 6) is -0.529. The molecule has 0 saturated heterocycles. The van der Waals surface area contributed by atoms with Crippen molar-refractivity contribution in [3.63, 3.8) is 0 Å². The third-order valence-corrected chi connectivity index (χ3v) is 3.54. The van der Waals surface area contributed by atoms with E-state index in [1.165, 1.54) is 4.90 Å². The summed E-state index contributed by atoms with van der Waals surface area (Å²) in [7, 11) is 1.54. The molecule has 0 saturated carbocycles. The van der Waals surface area contributed by atoms with E-state index < -0.39 is 12.0 Å². The number of hydrogen-bond acceptors (Lipinski definition) is 3. The molecule has 1 amide bonds. The molecule has 20 heavy (non-hydrogen) atoms. The summed E-state index contributed by atoms with van der Waals surface area (Å²) in [6.07, 6.45) is 1.24. The van der Waals surface area contributed by atoms with Gasteiger partial charge in [0.25, 0.3) is 0 Å². The zero-order valence-corrected chi connectivity index (χ0v) is 12.3. The van der Waals surface area contributed by atoms with Crippen LogP contribution in [0.4, 0.5) is 5.69 Å². The Morgan fingerprint density at radius 1 is 1.50 bits per heavy atom. The first kappa shape index (κ1) is 16.0. The number of carboxylic acid groups (broad SMARTS) is 1. The first-order valence-electron chi connectivity index (χ1n) is 6.57. The molecule has 0 bridgehead atoms. The first-order valence-corrected chi connectivity index (χ1v) is 6.57. The van der Waals surface area contributed by atoms with Crippen molar-refractivity contribution in [1.82, 2.24) is 0 Å². The lowest BCUT2D eigenvalue weighted by atomic mass is 9.97. The highest BCUT2D eigenvalue weighted by Crippen LogP contribution is 2.27. The lowest BCUT2D eigenvalue weighted by Gasteiger charge is -2.29. The molecule has 1 aromatic carbocycles. The molecular weight excluding hydrogens is 258 g/mol. The van der Waals surface area contributed by atoms with Gasteiger partial charge in [-0.25, -0.2) is 4.79 Å². The number of methoxy groups -OCH3 is 1. The van der Waals surface area contributed by atoms with E-state index in [-0.39, 0.29) is 5.92 Å². The largest absolute Gasteiger partial charge is 0.496 e. The average Bonchev–Trinajstić information content (AvgIpc) is 2.44. The molecule has 0 aromatic heterocycles. The van der Waals surface area contributed by atoms with E-state index in [1.54, 1.807) is 25.3 Å². The van der Waals surface area contributed by atoms with Crippen LogP contribution in [0.15, 0.2) is 18.2 Å². The predicted molar refractivity (Wildman–Crippen MR) is 77.2 cm³/mol. The number of hydrogen-bond donors (Lipinski definition) is 1. The summed E-state index contributed by atoms with van der Waals surface area (Å²) in [5.41, 5.74) is 1.45. The lowest BCUT2D eigenvalue weighted by Crippen LogP contribution is -2.45. The number of amides is 1. The molecule has 2 atom stereocenters. The number of aryl methyl sites for hydroxylation is 1. The van der Waals surface area contributed by atoms with Gasteiger partial charge in [-0.3, -0.25) is 4.79 Å². The monoisotopic (exact) mass is 279 g/mol. The van der Waals surface area contributed by atoms with Gasteiger partial charge < -0.3 is 14.7 Å². The zero-order valence-electron chi connectivity index (χ0n) is 12.3. The SMILES string of the molecule is CCC(C)C(C(=O)O)N(C=O)c1ccc(C)c(OC)c1. The Morgan fingerprint density at radius 3 is 2.60 bits per heavy atom. The maximum absolute atomic E-state index is 11.5. The highest BCUT2D eigenvalue weighted by Gasteiger charge is 2.30. The van der Waals surface area contributed by atoms with E-state index >= 15 is 0 Å². The van der Waals surface area contributed by atoms with Gasteiger partial charge in [0.1, 0.15) is 11.8 Å². The summed E-state index contributed by atoms with van der Waals surface area (Å²) in [6.45, 7) is 5.61. The topological polar surface area (TPSA) is 66.8 Å². The van der Waals surface area contributed by atoms with Gasteiger partial charge in [0, 0.05) is 11.8 Å². The molecule has 2 unspecified atom stereocenters. The molecule has 0 fully saturated rings. The van der Waals surface area contributed by atoms with Gasteiger partial charge in [-0.1, -0.05) is 26.3 Å². The van der Waals surface area contributed by atoms with Crippen molar-refractivity contribution in [2.75, 3.05) is 12.0 Å². The number of ether oxygens (including phenoxy) is 1. The number of carbonyl (C=O) groups excluding carboxylic acids is 1. The van der Waals surface area contributed by atoms with E-state index in [0.29, 0.717) is 24.3 Å². The second kappa shape index (κ2) is 6.93. The minimum absolute atomic E-state index is 0.148. The van der Waals surface area contributed by atoms with Crippen molar-refractivity contribution in [3.05, 3.63) is 23.8 Å². The average molecular weight is 279 g/mol. The molecule has 110 valence electrons. The Bertz CT molecular complexity index is 487. The van der Waals surface area contributed by atoms with E-state index in [9.17, 15) is 14.7 Å².